The highest BCUT2D eigenvalue weighted by Gasteiger charge is 2.02. The van der Waals surface area contributed by atoms with Gasteiger partial charge in [0.1, 0.15) is 0 Å². The molecule has 0 spiro atoms. The molecule has 0 amide bonds. The monoisotopic (exact) mass is 167 g/mol. The molecule has 0 heterocycles. The predicted molar refractivity (Wildman–Crippen MR) is 40.1 cm³/mol. The average Bonchev–Trinajstić information content (AvgIpc) is 2.03. The van der Waals surface area contributed by atoms with Crippen molar-refractivity contribution in [1.29, 1.82) is 0 Å². The molecule has 4 heteroatoms. The quantitative estimate of drug-likeness (QED) is 0.693. The topological polar surface area (TPSA) is 66.8 Å². The summed E-state index contributed by atoms with van der Waals surface area (Å²) in [7, 11) is 0. The zero-order chi connectivity index (χ0) is 8.97. The number of hydrogen-bond acceptors (Lipinski definition) is 3. The molecule has 0 unspecified atom stereocenters. The largest absolute Gasteiger partial charge is 0.504 e. The summed E-state index contributed by atoms with van der Waals surface area (Å²) in [6.45, 7) is -0.478. The second kappa shape index (κ2) is 3.61. The van der Waals surface area contributed by atoms with E-state index in [4.69, 9.17) is 14.9 Å². The molecule has 0 aliphatic heterocycles. The molecule has 63 valence electrons. The van der Waals surface area contributed by atoms with Crippen molar-refractivity contribution in [2.45, 2.75) is 0 Å². The number of rotatable bonds is 3. The first-order chi connectivity index (χ1) is 5.70. The molecule has 0 saturated heterocycles. The van der Waals surface area contributed by atoms with Crippen LogP contribution in [0.5, 0.6) is 11.5 Å². The Bertz CT molecular complexity index is 282. The molecular formula is C8H7O4. The van der Waals surface area contributed by atoms with Crippen molar-refractivity contribution in [3.8, 4) is 11.5 Å². The molecule has 0 fully saturated rings. The summed E-state index contributed by atoms with van der Waals surface area (Å²) in [5, 5.41) is 17.3. The molecule has 0 aliphatic carbocycles. The van der Waals surface area contributed by atoms with Gasteiger partial charge in [0.25, 0.3) is 0 Å². The molecular weight excluding hydrogens is 160 g/mol. The van der Waals surface area contributed by atoms with Gasteiger partial charge in [0, 0.05) is 6.07 Å². The Labute approximate surface area is 69.0 Å². The number of phenols is 1. The molecule has 0 atom stereocenters. The number of hydrogen-bond donors (Lipinski definition) is 2. The maximum absolute atomic E-state index is 10.1. The lowest BCUT2D eigenvalue weighted by molar-refractivity contribution is -0.139. The van der Waals surface area contributed by atoms with E-state index in [-0.39, 0.29) is 11.5 Å². The number of carbonyl (C=O) groups is 1. The van der Waals surface area contributed by atoms with Crippen LogP contribution in [-0.4, -0.2) is 22.8 Å². The maximum atomic E-state index is 10.1. The normalized spacial score (nSPS) is 9.33. The van der Waals surface area contributed by atoms with Crippen molar-refractivity contribution in [2.24, 2.45) is 0 Å². The van der Waals surface area contributed by atoms with Gasteiger partial charge < -0.3 is 14.9 Å². The highest BCUT2D eigenvalue weighted by Crippen LogP contribution is 2.23. The predicted octanol–water partition coefficient (Wildman–Crippen LogP) is 0.656. The zero-order valence-electron chi connectivity index (χ0n) is 6.15. The highest BCUT2D eigenvalue weighted by atomic mass is 16.5. The Morgan fingerprint density at radius 2 is 2.42 bits per heavy atom. The summed E-state index contributed by atoms with van der Waals surface area (Å²) in [6, 6.07) is 7.05. The van der Waals surface area contributed by atoms with Crippen LogP contribution in [0.4, 0.5) is 0 Å². The second-order valence-corrected chi connectivity index (χ2v) is 2.07. The van der Waals surface area contributed by atoms with Crippen LogP contribution in [0.15, 0.2) is 18.2 Å². The molecule has 12 heavy (non-hydrogen) atoms. The summed E-state index contributed by atoms with van der Waals surface area (Å²) in [5.41, 5.74) is 0. The lowest BCUT2D eigenvalue weighted by atomic mass is 10.3. The number of carboxylic acids is 1. The Kier molecular flexibility index (Phi) is 2.53. The number of aliphatic carboxylic acids is 1. The Hall–Kier alpha value is -1.71. The van der Waals surface area contributed by atoms with Gasteiger partial charge in [-0.05, 0) is 6.07 Å². The van der Waals surface area contributed by atoms with Crippen LogP contribution in [0, 0.1) is 6.07 Å². The number of benzene rings is 1. The van der Waals surface area contributed by atoms with E-state index in [0.29, 0.717) is 0 Å². The lowest BCUT2D eigenvalue weighted by Crippen LogP contribution is -2.09. The third-order valence-electron chi connectivity index (χ3n) is 1.14. The van der Waals surface area contributed by atoms with E-state index < -0.39 is 12.6 Å². The highest BCUT2D eigenvalue weighted by molar-refractivity contribution is 5.68. The van der Waals surface area contributed by atoms with E-state index in [1.165, 1.54) is 12.1 Å². The minimum absolute atomic E-state index is 0.0555. The van der Waals surface area contributed by atoms with Crippen LogP contribution >= 0.6 is 0 Å². The molecule has 0 aromatic heterocycles. The average molecular weight is 167 g/mol. The van der Waals surface area contributed by atoms with Crippen LogP contribution in [0.25, 0.3) is 0 Å². The second-order valence-electron chi connectivity index (χ2n) is 2.07. The van der Waals surface area contributed by atoms with E-state index in [2.05, 4.69) is 6.07 Å². The van der Waals surface area contributed by atoms with Crippen LogP contribution < -0.4 is 4.74 Å². The van der Waals surface area contributed by atoms with Gasteiger partial charge in [-0.15, -0.1) is 0 Å². The summed E-state index contributed by atoms with van der Waals surface area (Å²) in [5.74, 6) is -1.15. The fraction of sp³-hybridized carbons (Fsp3) is 0.125. The molecule has 0 aliphatic rings. The zero-order valence-corrected chi connectivity index (χ0v) is 6.15. The molecule has 1 aromatic carbocycles. The van der Waals surface area contributed by atoms with Gasteiger partial charge in [-0.3, -0.25) is 0 Å². The Morgan fingerprint density at radius 1 is 1.67 bits per heavy atom. The van der Waals surface area contributed by atoms with Crippen molar-refractivity contribution in [2.75, 3.05) is 6.61 Å². The van der Waals surface area contributed by atoms with Gasteiger partial charge in [-0.1, -0.05) is 12.1 Å². The van der Waals surface area contributed by atoms with Gasteiger partial charge >= 0.3 is 5.97 Å². The first kappa shape index (κ1) is 8.39. The third kappa shape index (κ3) is 2.16. The van der Waals surface area contributed by atoms with Gasteiger partial charge in [-0.2, -0.15) is 0 Å². The van der Waals surface area contributed by atoms with Gasteiger partial charge in [0.15, 0.2) is 18.1 Å². The minimum atomic E-state index is -1.09. The summed E-state index contributed by atoms with van der Waals surface area (Å²) in [4.78, 5) is 10.1. The molecule has 1 radical (unpaired) electrons. The standard InChI is InChI=1S/C8H7O4/c9-6-3-1-2-4-7(6)12-5-8(10)11/h1-3,9H,5H2,(H,10,11). The number of aromatic hydroxyl groups is 1. The SMILES string of the molecule is O=C(O)COc1[c]cccc1O. The fourth-order valence-electron chi connectivity index (χ4n) is 0.662. The molecule has 0 saturated carbocycles. The van der Waals surface area contributed by atoms with Crippen LogP contribution in [0.2, 0.25) is 0 Å². The first-order valence-corrected chi connectivity index (χ1v) is 3.24. The van der Waals surface area contributed by atoms with Crippen molar-refractivity contribution in [1.82, 2.24) is 0 Å². The Balaban J connectivity index is 2.63. The number of phenolic OH excluding ortho intramolecular Hbond substituents is 1. The van der Waals surface area contributed by atoms with Gasteiger partial charge in [0.2, 0.25) is 0 Å². The lowest BCUT2D eigenvalue weighted by Gasteiger charge is -2.03. The van der Waals surface area contributed by atoms with Crippen molar-refractivity contribution in [3.05, 3.63) is 24.3 Å². The molecule has 0 bridgehead atoms. The minimum Gasteiger partial charge on any atom is -0.504 e. The van der Waals surface area contributed by atoms with E-state index >= 15 is 0 Å². The fourth-order valence-corrected chi connectivity index (χ4v) is 0.662. The van der Waals surface area contributed by atoms with Crippen LogP contribution in [0.3, 0.4) is 0 Å². The van der Waals surface area contributed by atoms with E-state index in [0.717, 1.165) is 0 Å². The first-order valence-electron chi connectivity index (χ1n) is 3.24. The van der Waals surface area contributed by atoms with Crippen molar-refractivity contribution >= 4 is 5.97 Å². The molecule has 1 aromatic rings. The van der Waals surface area contributed by atoms with Crippen LogP contribution in [0.1, 0.15) is 0 Å². The van der Waals surface area contributed by atoms with Crippen molar-refractivity contribution in [3.63, 3.8) is 0 Å². The summed E-state index contributed by atoms with van der Waals surface area (Å²) < 4.78 is 4.69. The van der Waals surface area contributed by atoms with Gasteiger partial charge in [-0.25, -0.2) is 4.79 Å². The molecule has 2 N–H and O–H groups in total. The van der Waals surface area contributed by atoms with Crippen molar-refractivity contribution < 1.29 is 19.7 Å². The number of carboxylic acid groups (broad SMARTS) is 1. The van der Waals surface area contributed by atoms with E-state index in [1.807, 2.05) is 0 Å². The Morgan fingerprint density at radius 3 is 3.00 bits per heavy atom. The smallest absolute Gasteiger partial charge is 0.341 e. The molecule has 4 nitrogen and oxygen atoms in total. The summed E-state index contributed by atoms with van der Waals surface area (Å²) >= 11 is 0. The third-order valence-corrected chi connectivity index (χ3v) is 1.14. The number of ether oxygens (including phenoxy) is 1. The van der Waals surface area contributed by atoms with Crippen LogP contribution in [-0.2, 0) is 4.79 Å². The summed E-state index contributed by atoms with van der Waals surface area (Å²) in [6.07, 6.45) is 0. The van der Waals surface area contributed by atoms with E-state index in [9.17, 15) is 4.79 Å². The van der Waals surface area contributed by atoms with Gasteiger partial charge in [0.05, 0.1) is 0 Å². The molecule has 1 rings (SSSR count). The van der Waals surface area contributed by atoms with E-state index in [1.54, 1.807) is 6.07 Å². The number of para-hydroxylation sites is 1. The maximum Gasteiger partial charge on any atom is 0.341 e.